The molecule has 7 atom stereocenters. The molecule has 5 nitrogen and oxygen atoms in total. The highest BCUT2D eigenvalue weighted by molar-refractivity contribution is 5.31. The number of aliphatic hydroxyl groups is 1. The van der Waals surface area contributed by atoms with Crippen LogP contribution in [0.15, 0.2) is 49.1 Å². The first-order valence-electron chi connectivity index (χ1n) is 10.3. The van der Waals surface area contributed by atoms with Crippen LogP contribution in [0.25, 0.3) is 0 Å². The van der Waals surface area contributed by atoms with E-state index < -0.39 is 36.0 Å². The van der Waals surface area contributed by atoms with Crippen LogP contribution in [0, 0.1) is 17.3 Å². The van der Waals surface area contributed by atoms with Crippen molar-refractivity contribution in [2.75, 3.05) is 7.11 Å². The Kier molecular flexibility index (Phi) is 5.78. The van der Waals surface area contributed by atoms with Crippen molar-refractivity contribution in [1.29, 1.82) is 0 Å². The first-order chi connectivity index (χ1) is 13.4. The zero-order chi connectivity index (χ0) is 21.8. The molecule has 0 bridgehead atoms. The van der Waals surface area contributed by atoms with E-state index in [1.54, 1.807) is 13.2 Å². The Hall–Kier alpha value is -1.24. The fourth-order valence-electron chi connectivity index (χ4n) is 5.02. The fourth-order valence-corrected chi connectivity index (χ4v) is 5.02. The van der Waals surface area contributed by atoms with Gasteiger partial charge >= 0.3 is 0 Å². The summed E-state index contributed by atoms with van der Waals surface area (Å²) in [5, 5.41) is 11.6. The number of rotatable bonds is 6. The van der Waals surface area contributed by atoms with Crippen molar-refractivity contribution in [2.24, 2.45) is 17.3 Å². The molecule has 162 valence electrons. The van der Waals surface area contributed by atoms with Crippen LogP contribution in [0.4, 0.5) is 0 Å². The van der Waals surface area contributed by atoms with Gasteiger partial charge in [-0.3, -0.25) is 0 Å². The Morgan fingerprint density at radius 2 is 1.90 bits per heavy atom. The van der Waals surface area contributed by atoms with E-state index in [9.17, 15) is 5.11 Å². The molecule has 0 radical (unpaired) electrons. The summed E-state index contributed by atoms with van der Waals surface area (Å²) in [7, 11) is 1.55. The van der Waals surface area contributed by atoms with E-state index in [2.05, 4.69) is 39.7 Å². The predicted octanol–water partition coefficient (Wildman–Crippen LogP) is 4.15. The van der Waals surface area contributed by atoms with Crippen LogP contribution in [0.5, 0.6) is 0 Å². The molecule has 1 aliphatic carbocycles. The smallest absolute Gasteiger partial charge is 0.217 e. The molecule has 5 heteroatoms. The lowest BCUT2D eigenvalue weighted by molar-refractivity contribution is -0.269. The van der Waals surface area contributed by atoms with Crippen molar-refractivity contribution in [1.82, 2.24) is 0 Å². The molecule has 2 aliphatic heterocycles. The maximum atomic E-state index is 11.6. The van der Waals surface area contributed by atoms with Gasteiger partial charge in [-0.05, 0) is 56.1 Å². The first kappa shape index (κ1) is 22.4. The minimum atomic E-state index is -1.17. The van der Waals surface area contributed by atoms with Crippen LogP contribution in [0.2, 0.25) is 0 Å². The molecule has 29 heavy (non-hydrogen) atoms. The second-order valence-electron chi connectivity index (χ2n) is 9.55. The highest BCUT2D eigenvalue weighted by Gasteiger charge is 2.64. The van der Waals surface area contributed by atoms with Crippen molar-refractivity contribution in [3.8, 4) is 0 Å². The number of allylic oxidation sites excluding steroid dienone is 3. The van der Waals surface area contributed by atoms with E-state index in [4.69, 9.17) is 18.9 Å². The van der Waals surface area contributed by atoms with Gasteiger partial charge in [-0.15, -0.1) is 6.58 Å². The van der Waals surface area contributed by atoms with E-state index in [0.29, 0.717) is 0 Å². The second-order valence-corrected chi connectivity index (χ2v) is 9.55. The number of ether oxygens (including phenoxy) is 4. The van der Waals surface area contributed by atoms with Gasteiger partial charge in [0, 0.05) is 7.11 Å². The van der Waals surface area contributed by atoms with Crippen LogP contribution in [0.1, 0.15) is 41.0 Å². The lowest BCUT2D eigenvalue weighted by Crippen LogP contribution is -2.45. The summed E-state index contributed by atoms with van der Waals surface area (Å²) in [6, 6.07) is 0. The SMILES string of the molecule is C=C[C@H]1C[C@H](C(=C)C)C=C(C(O)[C@H]2O[C@](C=C)(OC)[C@H]3OC(C)(C)O[C@@H]23)C1(C)C. The number of hydrogen-bond acceptors (Lipinski definition) is 5. The van der Waals surface area contributed by atoms with Gasteiger partial charge in [-0.2, -0.15) is 0 Å². The van der Waals surface area contributed by atoms with E-state index in [0.717, 1.165) is 17.6 Å². The molecule has 3 aliphatic rings. The van der Waals surface area contributed by atoms with Crippen molar-refractivity contribution in [3.63, 3.8) is 0 Å². The van der Waals surface area contributed by atoms with Gasteiger partial charge < -0.3 is 24.1 Å². The van der Waals surface area contributed by atoms with Crippen LogP contribution in [-0.2, 0) is 18.9 Å². The van der Waals surface area contributed by atoms with Crippen molar-refractivity contribution in [2.45, 2.75) is 77.0 Å². The third-order valence-corrected chi connectivity index (χ3v) is 6.88. The molecule has 0 spiro atoms. The van der Waals surface area contributed by atoms with Gasteiger partial charge in [0.2, 0.25) is 5.79 Å². The summed E-state index contributed by atoms with van der Waals surface area (Å²) in [6.07, 6.45) is 4.10. The summed E-state index contributed by atoms with van der Waals surface area (Å²) >= 11 is 0. The Labute approximate surface area is 175 Å². The molecule has 0 aromatic rings. The van der Waals surface area contributed by atoms with Crippen molar-refractivity contribution in [3.05, 3.63) is 49.1 Å². The maximum Gasteiger partial charge on any atom is 0.217 e. The zero-order valence-electron chi connectivity index (χ0n) is 18.6. The molecule has 0 aromatic carbocycles. The number of methoxy groups -OCH3 is 1. The highest BCUT2D eigenvalue weighted by Crippen LogP contribution is 2.51. The summed E-state index contributed by atoms with van der Waals surface area (Å²) in [5.41, 5.74) is 1.70. The van der Waals surface area contributed by atoms with Gasteiger partial charge in [-0.1, -0.05) is 44.7 Å². The Balaban J connectivity index is 2.01. The maximum absolute atomic E-state index is 11.6. The van der Waals surface area contributed by atoms with Crippen LogP contribution in [0.3, 0.4) is 0 Å². The minimum absolute atomic E-state index is 0.177. The van der Waals surface area contributed by atoms with Gasteiger partial charge in [0.1, 0.15) is 24.4 Å². The normalized spacial score (nSPS) is 41.3. The van der Waals surface area contributed by atoms with Crippen molar-refractivity contribution >= 4 is 0 Å². The molecule has 1 unspecified atom stereocenters. The van der Waals surface area contributed by atoms with Crippen molar-refractivity contribution < 1.29 is 24.1 Å². The Bertz CT molecular complexity index is 721. The Morgan fingerprint density at radius 1 is 1.24 bits per heavy atom. The third-order valence-electron chi connectivity index (χ3n) is 6.88. The van der Waals surface area contributed by atoms with E-state index in [1.807, 2.05) is 26.8 Å². The summed E-state index contributed by atoms with van der Waals surface area (Å²) in [6.45, 7) is 22.1. The molecular weight excluding hydrogens is 368 g/mol. The van der Waals surface area contributed by atoms with Gasteiger partial charge in [0.25, 0.3) is 0 Å². The largest absolute Gasteiger partial charge is 0.386 e. The fraction of sp³-hybridized carbons (Fsp3) is 0.667. The third kappa shape index (κ3) is 3.57. The number of aliphatic hydroxyl groups excluding tert-OH is 1. The molecular formula is C24H36O5. The predicted molar refractivity (Wildman–Crippen MR) is 113 cm³/mol. The molecule has 2 fully saturated rings. The molecule has 0 saturated carbocycles. The number of hydrogen-bond donors (Lipinski definition) is 1. The quantitative estimate of drug-likeness (QED) is 0.674. The van der Waals surface area contributed by atoms with E-state index >= 15 is 0 Å². The Morgan fingerprint density at radius 3 is 2.41 bits per heavy atom. The zero-order valence-corrected chi connectivity index (χ0v) is 18.6. The molecule has 1 N–H and O–H groups in total. The van der Waals surface area contributed by atoms with Gasteiger partial charge in [0.15, 0.2) is 5.79 Å². The monoisotopic (exact) mass is 404 g/mol. The summed E-state index contributed by atoms with van der Waals surface area (Å²) < 4.78 is 24.2. The van der Waals surface area contributed by atoms with E-state index in [1.165, 1.54) is 0 Å². The minimum Gasteiger partial charge on any atom is -0.386 e. The van der Waals surface area contributed by atoms with E-state index in [-0.39, 0.29) is 17.3 Å². The first-order valence-corrected chi connectivity index (χ1v) is 10.3. The number of fused-ring (bicyclic) bond motifs is 1. The van der Waals surface area contributed by atoms with Crippen LogP contribution >= 0.6 is 0 Å². The standard InChI is InChI=1S/C24H36O5/c1-10-16-12-15(14(3)4)13-17(22(16,5)6)18(25)19-20-21(29-23(7,8)27-20)24(11-2,26-9)28-19/h10-11,13,15-16,18-21,25H,1-3,12H2,4-9H3/t15-,16-,18?,19+,20-,21-,24-/m0/s1. The molecule has 2 saturated heterocycles. The molecule has 0 aromatic heterocycles. The highest BCUT2D eigenvalue weighted by atomic mass is 16.8. The lowest BCUT2D eigenvalue weighted by Gasteiger charge is -2.44. The molecule has 2 heterocycles. The van der Waals surface area contributed by atoms with Crippen LogP contribution in [-0.4, -0.2) is 48.2 Å². The molecule has 3 rings (SSSR count). The van der Waals surface area contributed by atoms with Gasteiger partial charge in [-0.25, -0.2) is 0 Å². The van der Waals surface area contributed by atoms with Crippen LogP contribution < -0.4 is 0 Å². The summed E-state index contributed by atoms with van der Waals surface area (Å²) in [4.78, 5) is 0. The lowest BCUT2D eigenvalue weighted by atomic mass is 9.62. The topological polar surface area (TPSA) is 57.2 Å². The molecule has 0 amide bonds. The second kappa shape index (κ2) is 7.47. The average molecular weight is 405 g/mol. The average Bonchev–Trinajstić information content (AvgIpc) is 3.12. The summed E-state index contributed by atoms with van der Waals surface area (Å²) in [5.74, 6) is -1.59. The van der Waals surface area contributed by atoms with Gasteiger partial charge in [0.05, 0.1) is 0 Å².